The summed E-state index contributed by atoms with van der Waals surface area (Å²) in [5.41, 5.74) is 4.76. The Hall–Kier alpha value is -0.610. The highest BCUT2D eigenvalue weighted by atomic mass is 16.3. The highest BCUT2D eigenvalue weighted by Crippen LogP contribution is 2.26. The molecule has 4 heteroatoms. The first-order valence-electron chi connectivity index (χ1n) is 5.81. The third-order valence-electron chi connectivity index (χ3n) is 2.88. The second-order valence-electron chi connectivity index (χ2n) is 4.47. The zero-order valence-electron chi connectivity index (χ0n) is 9.54. The summed E-state index contributed by atoms with van der Waals surface area (Å²) in [5.74, 6) is 0.157. The Morgan fingerprint density at radius 1 is 1.47 bits per heavy atom. The van der Waals surface area contributed by atoms with Gasteiger partial charge in [0.2, 0.25) is 5.91 Å². The van der Waals surface area contributed by atoms with Crippen molar-refractivity contribution in [2.75, 3.05) is 19.6 Å². The summed E-state index contributed by atoms with van der Waals surface area (Å²) in [6.45, 7) is 3.72. The van der Waals surface area contributed by atoms with Crippen LogP contribution in [-0.2, 0) is 4.79 Å². The van der Waals surface area contributed by atoms with E-state index in [0.717, 1.165) is 25.7 Å². The summed E-state index contributed by atoms with van der Waals surface area (Å²) in [5, 5.41) is 9.89. The number of nitrogens with two attached hydrogens (primary N) is 1. The van der Waals surface area contributed by atoms with E-state index in [4.69, 9.17) is 5.73 Å². The minimum Gasteiger partial charge on any atom is -0.386 e. The Morgan fingerprint density at radius 2 is 2.13 bits per heavy atom. The first-order valence-corrected chi connectivity index (χ1v) is 5.81. The van der Waals surface area contributed by atoms with Gasteiger partial charge >= 0.3 is 0 Å². The fraction of sp³-hybridized carbons (Fsp3) is 0.909. The molecule has 1 fully saturated rings. The molecular formula is C11H22N2O2. The van der Waals surface area contributed by atoms with E-state index in [9.17, 15) is 9.90 Å². The van der Waals surface area contributed by atoms with Crippen LogP contribution in [0.15, 0.2) is 0 Å². The van der Waals surface area contributed by atoms with Gasteiger partial charge in [0.05, 0.1) is 18.7 Å². The molecule has 0 aliphatic carbocycles. The van der Waals surface area contributed by atoms with Crippen molar-refractivity contribution in [1.82, 2.24) is 4.90 Å². The van der Waals surface area contributed by atoms with E-state index in [-0.39, 0.29) is 5.91 Å². The van der Waals surface area contributed by atoms with Crippen LogP contribution in [0, 0.1) is 0 Å². The van der Waals surface area contributed by atoms with Gasteiger partial charge < -0.3 is 15.7 Å². The smallest absolute Gasteiger partial charge is 0.222 e. The second kappa shape index (κ2) is 5.47. The van der Waals surface area contributed by atoms with Crippen LogP contribution in [0.3, 0.4) is 0 Å². The minimum atomic E-state index is -0.599. The number of carbonyl (C=O) groups excluding carboxylic acids is 1. The van der Waals surface area contributed by atoms with Gasteiger partial charge in [0.25, 0.3) is 0 Å². The summed E-state index contributed by atoms with van der Waals surface area (Å²) in [7, 11) is 0. The molecule has 1 heterocycles. The first-order chi connectivity index (χ1) is 7.11. The monoisotopic (exact) mass is 214 g/mol. The van der Waals surface area contributed by atoms with Crippen LogP contribution in [0.1, 0.15) is 39.0 Å². The van der Waals surface area contributed by atoms with Gasteiger partial charge in [-0.2, -0.15) is 0 Å². The average molecular weight is 214 g/mol. The molecule has 88 valence electrons. The molecule has 1 rings (SSSR count). The number of β-amino-alcohol motifs (C(OH)–C–C–N with tert-alkyl or cyclic N) is 1. The zero-order chi connectivity index (χ0) is 11.3. The third kappa shape index (κ3) is 3.47. The van der Waals surface area contributed by atoms with Gasteiger partial charge in [0.15, 0.2) is 0 Å². The number of hydrogen-bond acceptors (Lipinski definition) is 3. The first kappa shape index (κ1) is 12.5. The van der Waals surface area contributed by atoms with Gasteiger partial charge in [-0.15, -0.1) is 0 Å². The lowest BCUT2D eigenvalue weighted by atomic mass is 9.89. The molecule has 1 aliphatic rings. The number of amides is 1. The van der Waals surface area contributed by atoms with Crippen LogP contribution in [0.4, 0.5) is 0 Å². The van der Waals surface area contributed by atoms with E-state index in [2.05, 4.69) is 0 Å². The van der Waals surface area contributed by atoms with E-state index >= 15 is 0 Å². The Bertz CT molecular complexity index is 213. The number of nitrogens with zero attached hydrogens (tertiary/aromatic N) is 1. The fourth-order valence-electron chi connectivity index (χ4n) is 2.04. The molecule has 1 aliphatic heterocycles. The maximum Gasteiger partial charge on any atom is 0.222 e. The van der Waals surface area contributed by atoms with Crippen LogP contribution >= 0.6 is 0 Å². The molecule has 1 saturated heterocycles. The molecule has 0 saturated carbocycles. The maximum atomic E-state index is 11.6. The lowest BCUT2D eigenvalue weighted by Crippen LogP contribution is -2.63. The largest absolute Gasteiger partial charge is 0.386 e. The molecule has 0 unspecified atom stereocenters. The highest BCUT2D eigenvalue weighted by molar-refractivity contribution is 5.77. The van der Waals surface area contributed by atoms with Crippen molar-refractivity contribution < 1.29 is 9.90 Å². The van der Waals surface area contributed by atoms with E-state index in [0.29, 0.717) is 26.1 Å². The van der Waals surface area contributed by atoms with Gasteiger partial charge in [0.1, 0.15) is 0 Å². The summed E-state index contributed by atoms with van der Waals surface area (Å²) in [6, 6.07) is 0. The lowest BCUT2D eigenvalue weighted by molar-refractivity contribution is -0.156. The molecule has 4 nitrogen and oxygen atoms in total. The fourth-order valence-corrected chi connectivity index (χ4v) is 2.04. The van der Waals surface area contributed by atoms with Gasteiger partial charge in [-0.3, -0.25) is 4.79 Å². The molecule has 0 aromatic rings. The van der Waals surface area contributed by atoms with Crippen LogP contribution < -0.4 is 5.73 Å². The zero-order valence-corrected chi connectivity index (χ0v) is 9.54. The SMILES string of the molecule is CCCC1(O)CN(C(=O)CCCCN)C1. The van der Waals surface area contributed by atoms with Crippen molar-refractivity contribution in [2.45, 2.75) is 44.6 Å². The quantitative estimate of drug-likeness (QED) is 0.632. The highest BCUT2D eigenvalue weighted by Gasteiger charge is 2.42. The van der Waals surface area contributed by atoms with Crippen LogP contribution in [0.5, 0.6) is 0 Å². The number of unbranched alkanes of at least 4 members (excludes halogenated alkanes) is 1. The molecule has 0 atom stereocenters. The minimum absolute atomic E-state index is 0.157. The van der Waals surface area contributed by atoms with E-state index in [1.807, 2.05) is 6.92 Å². The van der Waals surface area contributed by atoms with Gasteiger partial charge in [0, 0.05) is 6.42 Å². The molecule has 0 radical (unpaired) electrons. The number of likely N-dealkylation sites (tertiary alicyclic amines) is 1. The normalized spacial score (nSPS) is 18.7. The predicted octanol–water partition coefficient (Wildman–Crippen LogP) is 0.489. The maximum absolute atomic E-state index is 11.6. The Balaban J connectivity index is 2.17. The Labute approximate surface area is 91.4 Å². The van der Waals surface area contributed by atoms with Crippen LogP contribution in [-0.4, -0.2) is 41.1 Å². The molecular weight excluding hydrogens is 192 g/mol. The summed E-state index contributed by atoms with van der Waals surface area (Å²) < 4.78 is 0. The van der Waals surface area contributed by atoms with Crippen molar-refractivity contribution in [3.63, 3.8) is 0 Å². The van der Waals surface area contributed by atoms with Crippen LogP contribution in [0.2, 0.25) is 0 Å². The lowest BCUT2D eigenvalue weighted by Gasteiger charge is -2.46. The Kier molecular flexibility index (Phi) is 4.54. The molecule has 1 amide bonds. The third-order valence-corrected chi connectivity index (χ3v) is 2.88. The summed E-state index contributed by atoms with van der Waals surface area (Å²) in [4.78, 5) is 13.3. The average Bonchev–Trinajstić information content (AvgIpc) is 2.14. The molecule has 0 aromatic carbocycles. The van der Waals surface area contributed by atoms with Gasteiger partial charge in [-0.05, 0) is 25.8 Å². The summed E-state index contributed by atoms with van der Waals surface area (Å²) in [6.07, 6.45) is 4.08. The van der Waals surface area contributed by atoms with Crippen molar-refractivity contribution in [2.24, 2.45) is 5.73 Å². The predicted molar refractivity (Wildman–Crippen MR) is 59.3 cm³/mol. The van der Waals surface area contributed by atoms with Gasteiger partial charge in [-0.25, -0.2) is 0 Å². The molecule has 0 spiro atoms. The molecule has 0 bridgehead atoms. The van der Waals surface area contributed by atoms with Crippen molar-refractivity contribution in [1.29, 1.82) is 0 Å². The Morgan fingerprint density at radius 3 is 2.67 bits per heavy atom. The van der Waals surface area contributed by atoms with Crippen molar-refractivity contribution in [3.8, 4) is 0 Å². The number of hydrogen-bond donors (Lipinski definition) is 2. The van der Waals surface area contributed by atoms with Gasteiger partial charge in [-0.1, -0.05) is 13.3 Å². The number of carbonyl (C=O) groups is 1. The van der Waals surface area contributed by atoms with E-state index < -0.39 is 5.60 Å². The second-order valence-corrected chi connectivity index (χ2v) is 4.47. The molecule has 0 aromatic heterocycles. The van der Waals surface area contributed by atoms with Crippen molar-refractivity contribution in [3.05, 3.63) is 0 Å². The number of aliphatic hydroxyl groups is 1. The van der Waals surface area contributed by atoms with Crippen LogP contribution in [0.25, 0.3) is 0 Å². The van der Waals surface area contributed by atoms with Crippen molar-refractivity contribution >= 4 is 5.91 Å². The topological polar surface area (TPSA) is 66.6 Å². The van der Waals surface area contributed by atoms with E-state index in [1.165, 1.54) is 0 Å². The van der Waals surface area contributed by atoms with E-state index in [1.54, 1.807) is 4.90 Å². The number of rotatable bonds is 6. The molecule has 3 N–H and O–H groups in total. The molecule has 15 heavy (non-hydrogen) atoms. The summed E-state index contributed by atoms with van der Waals surface area (Å²) >= 11 is 0. The standard InChI is InChI=1S/C11H22N2O2/c1-2-6-11(15)8-13(9-11)10(14)5-3-4-7-12/h15H,2-9,12H2,1H3.